The molecule has 32 heavy (non-hydrogen) atoms. The standard InChI is InChI=1S/C14H10O3.C14H10O/c15-10-5-1-3-8-7-9-4-2-6-11(16)13(9)14(17)12(8)10;15-14-7-3-6-12-8-10-4-1-2-5-11(10)9-13(12)14/h1-6,15-16H,7H2;1-9,15H. The van der Waals surface area contributed by atoms with Gasteiger partial charge in [0.1, 0.15) is 17.2 Å². The highest BCUT2D eigenvalue weighted by atomic mass is 16.3. The molecule has 0 spiro atoms. The molecule has 156 valence electrons. The first-order valence-electron chi connectivity index (χ1n) is 10.3. The van der Waals surface area contributed by atoms with Crippen LogP contribution < -0.4 is 0 Å². The zero-order valence-corrected chi connectivity index (χ0v) is 17.1. The van der Waals surface area contributed by atoms with E-state index in [-0.39, 0.29) is 17.3 Å². The molecular formula is C28H20O4. The van der Waals surface area contributed by atoms with E-state index in [2.05, 4.69) is 18.2 Å². The molecule has 5 aromatic carbocycles. The van der Waals surface area contributed by atoms with Gasteiger partial charge in [0.25, 0.3) is 0 Å². The van der Waals surface area contributed by atoms with E-state index >= 15 is 0 Å². The molecule has 1 aliphatic rings. The predicted molar refractivity (Wildman–Crippen MR) is 126 cm³/mol. The summed E-state index contributed by atoms with van der Waals surface area (Å²) in [6.07, 6.45) is 0.555. The summed E-state index contributed by atoms with van der Waals surface area (Å²) in [5, 5.41) is 33.6. The molecule has 0 saturated heterocycles. The summed E-state index contributed by atoms with van der Waals surface area (Å²) < 4.78 is 0. The lowest BCUT2D eigenvalue weighted by molar-refractivity contribution is 0.103. The summed E-state index contributed by atoms with van der Waals surface area (Å²) in [7, 11) is 0. The van der Waals surface area contributed by atoms with Crippen LogP contribution in [0.1, 0.15) is 27.0 Å². The molecule has 5 aromatic rings. The number of phenols is 3. The van der Waals surface area contributed by atoms with Gasteiger partial charge in [0.05, 0.1) is 11.1 Å². The first-order valence-corrected chi connectivity index (χ1v) is 10.3. The highest BCUT2D eigenvalue weighted by Crippen LogP contribution is 2.36. The van der Waals surface area contributed by atoms with Crippen LogP contribution in [0.25, 0.3) is 21.5 Å². The van der Waals surface area contributed by atoms with Gasteiger partial charge in [0.15, 0.2) is 0 Å². The Morgan fingerprint density at radius 1 is 0.531 bits per heavy atom. The van der Waals surface area contributed by atoms with Crippen molar-refractivity contribution in [3.8, 4) is 17.2 Å². The molecule has 0 bridgehead atoms. The van der Waals surface area contributed by atoms with Gasteiger partial charge in [-0.05, 0) is 64.0 Å². The van der Waals surface area contributed by atoms with Crippen molar-refractivity contribution >= 4 is 27.3 Å². The van der Waals surface area contributed by atoms with E-state index in [0.29, 0.717) is 23.3 Å². The summed E-state index contributed by atoms with van der Waals surface area (Å²) in [6.45, 7) is 0. The van der Waals surface area contributed by atoms with Crippen molar-refractivity contribution in [2.45, 2.75) is 6.42 Å². The van der Waals surface area contributed by atoms with Crippen molar-refractivity contribution in [2.75, 3.05) is 0 Å². The third kappa shape index (κ3) is 3.32. The number of hydrogen-bond donors (Lipinski definition) is 3. The number of carbonyl (C=O) groups is 1. The zero-order chi connectivity index (χ0) is 22.2. The second-order valence-electron chi connectivity index (χ2n) is 7.83. The van der Waals surface area contributed by atoms with E-state index in [1.807, 2.05) is 42.5 Å². The third-order valence-corrected chi connectivity index (χ3v) is 5.82. The Bertz CT molecular complexity index is 1450. The number of rotatable bonds is 0. The van der Waals surface area contributed by atoms with Crippen molar-refractivity contribution in [1.82, 2.24) is 0 Å². The molecule has 0 aliphatic heterocycles. The van der Waals surface area contributed by atoms with Gasteiger partial charge in [-0.1, -0.05) is 60.7 Å². The molecule has 0 unspecified atom stereocenters. The number of fused-ring (bicyclic) bond motifs is 4. The lowest BCUT2D eigenvalue weighted by Crippen LogP contribution is -2.15. The van der Waals surface area contributed by atoms with Crippen LogP contribution in [0.2, 0.25) is 0 Å². The van der Waals surface area contributed by atoms with Crippen LogP contribution in [0.15, 0.2) is 91.0 Å². The van der Waals surface area contributed by atoms with Gasteiger partial charge in [-0.2, -0.15) is 0 Å². The average molecular weight is 420 g/mol. The Kier molecular flexibility index (Phi) is 4.75. The maximum Gasteiger partial charge on any atom is 0.201 e. The monoisotopic (exact) mass is 420 g/mol. The number of benzene rings is 5. The Balaban J connectivity index is 0.000000136. The number of carbonyl (C=O) groups excluding carboxylic acids is 1. The van der Waals surface area contributed by atoms with Crippen LogP contribution in [0.4, 0.5) is 0 Å². The minimum absolute atomic E-state index is 0.0265. The van der Waals surface area contributed by atoms with Crippen LogP contribution in [0.3, 0.4) is 0 Å². The van der Waals surface area contributed by atoms with Crippen LogP contribution in [0.5, 0.6) is 17.2 Å². The second kappa shape index (κ2) is 7.75. The molecular weight excluding hydrogens is 400 g/mol. The fraction of sp³-hybridized carbons (Fsp3) is 0.0357. The van der Waals surface area contributed by atoms with Crippen LogP contribution >= 0.6 is 0 Å². The fourth-order valence-corrected chi connectivity index (χ4v) is 4.27. The number of aromatic hydroxyl groups is 3. The minimum atomic E-state index is -0.308. The summed E-state index contributed by atoms with van der Waals surface area (Å²) >= 11 is 0. The Morgan fingerprint density at radius 3 is 1.66 bits per heavy atom. The lowest BCUT2D eigenvalue weighted by atomic mass is 9.84. The van der Waals surface area contributed by atoms with E-state index in [1.54, 1.807) is 18.2 Å². The molecule has 0 heterocycles. The zero-order valence-electron chi connectivity index (χ0n) is 17.1. The molecule has 0 amide bonds. The van der Waals surface area contributed by atoms with Gasteiger partial charge in [-0.3, -0.25) is 4.79 Å². The molecule has 0 aromatic heterocycles. The van der Waals surface area contributed by atoms with E-state index in [0.717, 1.165) is 27.3 Å². The first kappa shape index (κ1) is 19.6. The van der Waals surface area contributed by atoms with Crippen molar-refractivity contribution < 1.29 is 20.1 Å². The SMILES string of the molecule is O=C1c2c(O)cccc2Cc2cccc(O)c21.Oc1cccc2cc3ccccc3cc12. The number of ketones is 1. The second-order valence-corrected chi connectivity index (χ2v) is 7.83. The Hall–Kier alpha value is -4.31. The number of hydrogen-bond acceptors (Lipinski definition) is 4. The molecule has 0 saturated carbocycles. The molecule has 1 aliphatic carbocycles. The van der Waals surface area contributed by atoms with Crippen molar-refractivity contribution in [3.63, 3.8) is 0 Å². The Labute approximate surface area is 184 Å². The summed E-state index contributed by atoms with van der Waals surface area (Å²) in [5.74, 6) is -0.0153. The van der Waals surface area contributed by atoms with Crippen molar-refractivity contribution in [2.24, 2.45) is 0 Å². The molecule has 6 rings (SSSR count). The third-order valence-electron chi connectivity index (χ3n) is 5.82. The topological polar surface area (TPSA) is 77.8 Å². The molecule has 4 heteroatoms. The highest BCUT2D eigenvalue weighted by molar-refractivity contribution is 6.15. The van der Waals surface area contributed by atoms with Crippen LogP contribution in [0, 0.1) is 0 Å². The molecule has 0 radical (unpaired) electrons. The maximum atomic E-state index is 12.2. The van der Waals surface area contributed by atoms with Crippen molar-refractivity contribution in [3.05, 3.63) is 113 Å². The molecule has 0 atom stereocenters. The van der Waals surface area contributed by atoms with E-state index in [1.165, 1.54) is 17.5 Å². The van der Waals surface area contributed by atoms with Gasteiger partial charge < -0.3 is 15.3 Å². The van der Waals surface area contributed by atoms with E-state index in [4.69, 9.17) is 0 Å². The van der Waals surface area contributed by atoms with E-state index < -0.39 is 0 Å². The lowest BCUT2D eigenvalue weighted by Gasteiger charge is -2.19. The maximum absolute atomic E-state index is 12.2. The summed E-state index contributed by atoms with van der Waals surface area (Å²) in [6, 6.07) is 28.0. The van der Waals surface area contributed by atoms with Gasteiger partial charge in [-0.15, -0.1) is 0 Å². The number of phenolic OH excluding ortho intramolecular Hbond substituents is 3. The fourth-order valence-electron chi connectivity index (χ4n) is 4.27. The van der Waals surface area contributed by atoms with Gasteiger partial charge in [0, 0.05) is 5.39 Å². The van der Waals surface area contributed by atoms with Crippen molar-refractivity contribution in [1.29, 1.82) is 0 Å². The summed E-state index contributed by atoms with van der Waals surface area (Å²) in [4.78, 5) is 12.2. The van der Waals surface area contributed by atoms with Gasteiger partial charge in [0.2, 0.25) is 5.78 Å². The van der Waals surface area contributed by atoms with Crippen LogP contribution in [-0.4, -0.2) is 21.1 Å². The molecule has 0 fully saturated rings. The molecule has 4 nitrogen and oxygen atoms in total. The van der Waals surface area contributed by atoms with Crippen LogP contribution in [-0.2, 0) is 6.42 Å². The predicted octanol–water partition coefficient (Wildman–Crippen LogP) is 5.93. The van der Waals surface area contributed by atoms with Gasteiger partial charge >= 0.3 is 0 Å². The highest BCUT2D eigenvalue weighted by Gasteiger charge is 2.27. The minimum Gasteiger partial charge on any atom is -0.507 e. The normalized spacial score (nSPS) is 12.1. The smallest absolute Gasteiger partial charge is 0.201 e. The summed E-state index contributed by atoms with van der Waals surface area (Å²) in [5.41, 5.74) is 2.21. The quantitative estimate of drug-likeness (QED) is 0.266. The van der Waals surface area contributed by atoms with E-state index in [9.17, 15) is 20.1 Å². The molecule has 3 N–H and O–H groups in total. The average Bonchev–Trinajstić information content (AvgIpc) is 2.79. The van der Waals surface area contributed by atoms with Gasteiger partial charge in [-0.25, -0.2) is 0 Å². The first-order chi connectivity index (χ1) is 15.5. The Morgan fingerprint density at radius 2 is 1.03 bits per heavy atom. The largest absolute Gasteiger partial charge is 0.507 e.